The Kier molecular flexibility index (Phi) is 7.04. The Morgan fingerprint density at radius 3 is 2.73 bits per heavy atom. The van der Waals surface area contributed by atoms with Crippen LogP contribution in [0.3, 0.4) is 0 Å². The number of hydrogen-bond acceptors (Lipinski definition) is 5. The zero-order valence-corrected chi connectivity index (χ0v) is 13.3. The Bertz CT molecular complexity index is 589. The molecule has 0 spiro atoms. The molecule has 0 saturated carbocycles. The first-order valence-corrected chi connectivity index (χ1v) is 6.68. The molecule has 0 saturated heterocycles. The normalized spacial score (nSPS) is 13.0. The molecule has 1 aromatic carbocycles. The van der Waals surface area contributed by atoms with Crippen molar-refractivity contribution in [2.75, 3.05) is 13.7 Å². The molecule has 0 aliphatic rings. The summed E-state index contributed by atoms with van der Waals surface area (Å²) < 4.78 is 10.5. The molecular weight excluding hydrogens is 306 g/mol. The van der Waals surface area contributed by atoms with Gasteiger partial charge in [0.2, 0.25) is 11.8 Å². The number of carbonyl (C=O) groups excluding carboxylic acids is 1. The Morgan fingerprint density at radius 2 is 2.09 bits per heavy atom. The summed E-state index contributed by atoms with van der Waals surface area (Å²) in [5, 5.41) is 2.75. The average molecular weight is 326 g/mol. The van der Waals surface area contributed by atoms with Gasteiger partial charge in [-0.3, -0.25) is 4.79 Å². The van der Waals surface area contributed by atoms with Crippen LogP contribution in [0.1, 0.15) is 18.9 Å². The van der Waals surface area contributed by atoms with E-state index in [4.69, 9.17) is 14.9 Å². The van der Waals surface area contributed by atoms with Crippen molar-refractivity contribution >= 4 is 18.3 Å². The lowest BCUT2D eigenvalue weighted by Crippen LogP contribution is -2.44. The zero-order valence-electron chi connectivity index (χ0n) is 12.5. The number of methoxy groups -OCH3 is 1. The Hall–Kier alpha value is -1.89. The highest BCUT2D eigenvalue weighted by Gasteiger charge is 2.19. The lowest BCUT2D eigenvalue weighted by Gasteiger charge is -2.14. The van der Waals surface area contributed by atoms with Gasteiger partial charge in [0.1, 0.15) is 12.1 Å². The van der Waals surface area contributed by atoms with Crippen LogP contribution in [-0.4, -0.2) is 30.6 Å². The number of amides is 1. The summed E-state index contributed by atoms with van der Waals surface area (Å²) in [6.45, 7) is 1.96. The third-order valence-electron chi connectivity index (χ3n) is 2.99. The molecule has 1 heterocycles. The van der Waals surface area contributed by atoms with Crippen LogP contribution in [0.4, 0.5) is 0 Å². The second kappa shape index (κ2) is 8.53. The SMILES string of the molecule is COCC(N)C(=O)NC(C)c1ncc(-c2ccccc2)o1.Cl. The molecule has 1 aromatic heterocycles. The van der Waals surface area contributed by atoms with Crippen molar-refractivity contribution in [3.05, 3.63) is 42.4 Å². The van der Waals surface area contributed by atoms with Crippen molar-refractivity contribution in [2.24, 2.45) is 5.73 Å². The van der Waals surface area contributed by atoms with Crippen LogP contribution in [0.15, 0.2) is 40.9 Å². The van der Waals surface area contributed by atoms with Crippen LogP contribution in [0.5, 0.6) is 0 Å². The van der Waals surface area contributed by atoms with Gasteiger partial charge in [-0.2, -0.15) is 0 Å². The topological polar surface area (TPSA) is 90.4 Å². The molecule has 0 aliphatic carbocycles. The molecular formula is C15H20ClN3O3. The fourth-order valence-corrected chi connectivity index (χ4v) is 1.86. The number of ether oxygens (including phenoxy) is 1. The van der Waals surface area contributed by atoms with E-state index in [-0.39, 0.29) is 31.0 Å². The second-order valence-corrected chi connectivity index (χ2v) is 4.72. The Morgan fingerprint density at radius 1 is 1.41 bits per heavy atom. The fourth-order valence-electron chi connectivity index (χ4n) is 1.86. The third-order valence-corrected chi connectivity index (χ3v) is 2.99. The predicted octanol–water partition coefficient (Wildman–Crippen LogP) is 1.91. The van der Waals surface area contributed by atoms with Crippen LogP contribution in [-0.2, 0) is 9.53 Å². The molecule has 1 amide bonds. The number of nitrogens with zero attached hydrogens (tertiary/aromatic N) is 1. The summed E-state index contributed by atoms with van der Waals surface area (Å²) in [6.07, 6.45) is 1.64. The van der Waals surface area contributed by atoms with Crippen molar-refractivity contribution in [1.82, 2.24) is 10.3 Å². The fraction of sp³-hybridized carbons (Fsp3) is 0.333. The summed E-state index contributed by atoms with van der Waals surface area (Å²) in [5.74, 6) is 0.795. The summed E-state index contributed by atoms with van der Waals surface area (Å²) in [4.78, 5) is 16.0. The number of nitrogens with two attached hydrogens (primary N) is 1. The smallest absolute Gasteiger partial charge is 0.239 e. The summed E-state index contributed by atoms with van der Waals surface area (Å²) in [5.41, 5.74) is 6.60. The van der Waals surface area contributed by atoms with Gasteiger partial charge in [-0.15, -0.1) is 12.4 Å². The van der Waals surface area contributed by atoms with Crippen molar-refractivity contribution < 1.29 is 13.9 Å². The third kappa shape index (κ3) is 4.56. The minimum Gasteiger partial charge on any atom is -0.438 e. The highest BCUT2D eigenvalue weighted by Crippen LogP contribution is 2.22. The quantitative estimate of drug-likeness (QED) is 0.846. The van der Waals surface area contributed by atoms with Crippen LogP contribution in [0.25, 0.3) is 11.3 Å². The number of benzene rings is 1. The van der Waals surface area contributed by atoms with Gasteiger partial charge in [0.25, 0.3) is 0 Å². The average Bonchev–Trinajstić information content (AvgIpc) is 2.98. The number of hydrogen-bond donors (Lipinski definition) is 2. The van der Waals surface area contributed by atoms with Gasteiger partial charge in [0.05, 0.1) is 12.8 Å². The van der Waals surface area contributed by atoms with Crippen molar-refractivity contribution in [3.63, 3.8) is 0 Å². The first-order chi connectivity index (χ1) is 10.1. The first-order valence-electron chi connectivity index (χ1n) is 6.68. The maximum absolute atomic E-state index is 11.8. The molecule has 2 unspecified atom stereocenters. The monoisotopic (exact) mass is 325 g/mol. The lowest BCUT2D eigenvalue weighted by molar-refractivity contribution is -0.124. The summed E-state index contributed by atoms with van der Waals surface area (Å²) in [7, 11) is 1.50. The van der Waals surface area contributed by atoms with E-state index >= 15 is 0 Å². The van der Waals surface area contributed by atoms with Crippen LogP contribution in [0.2, 0.25) is 0 Å². The molecule has 0 bridgehead atoms. The summed E-state index contributed by atoms with van der Waals surface area (Å²) in [6, 6.07) is 8.57. The highest BCUT2D eigenvalue weighted by atomic mass is 35.5. The molecule has 2 atom stereocenters. The molecule has 2 rings (SSSR count). The first kappa shape index (κ1) is 18.2. The van der Waals surface area contributed by atoms with E-state index < -0.39 is 6.04 Å². The van der Waals surface area contributed by atoms with E-state index in [0.29, 0.717) is 11.7 Å². The second-order valence-electron chi connectivity index (χ2n) is 4.72. The van der Waals surface area contributed by atoms with Crippen LogP contribution in [0, 0.1) is 0 Å². The van der Waals surface area contributed by atoms with Gasteiger partial charge in [-0.05, 0) is 6.92 Å². The lowest BCUT2D eigenvalue weighted by atomic mass is 10.2. The minimum absolute atomic E-state index is 0. The number of aromatic nitrogens is 1. The van der Waals surface area contributed by atoms with E-state index in [0.717, 1.165) is 5.56 Å². The molecule has 0 radical (unpaired) electrons. The molecule has 0 fully saturated rings. The van der Waals surface area contributed by atoms with Gasteiger partial charge in [-0.1, -0.05) is 30.3 Å². The van der Waals surface area contributed by atoms with Gasteiger partial charge in [0, 0.05) is 12.7 Å². The van der Waals surface area contributed by atoms with E-state index in [1.54, 1.807) is 13.1 Å². The minimum atomic E-state index is -0.707. The largest absolute Gasteiger partial charge is 0.438 e. The molecule has 6 nitrogen and oxygen atoms in total. The Labute approximate surface area is 135 Å². The van der Waals surface area contributed by atoms with Gasteiger partial charge >= 0.3 is 0 Å². The van der Waals surface area contributed by atoms with E-state index in [2.05, 4.69) is 10.3 Å². The molecule has 120 valence electrons. The highest BCUT2D eigenvalue weighted by molar-refractivity contribution is 5.85. The molecule has 7 heteroatoms. The van der Waals surface area contributed by atoms with E-state index in [1.807, 2.05) is 30.3 Å². The van der Waals surface area contributed by atoms with Gasteiger partial charge in [0.15, 0.2) is 5.76 Å². The number of rotatable bonds is 6. The molecule has 22 heavy (non-hydrogen) atoms. The molecule has 0 aliphatic heterocycles. The molecule has 2 aromatic rings. The number of carbonyl (C=O) groups is 1. The van der Waals surface area contributed by atoms with Crippen molar-refractivity contribution in [1.29, 1.82) is 0 Å². The standard InChI is InChI=1S/C15H19N3O3.ClH/c1-10(18-14(19)12(16)9-20-2)15-17-8-13(21-15)11-6-4-3-5-7-11;/h3-8,10,12H,9,16H2,1-2H3,(H,18,19);1H. The molecule has 3 N–H and O–H groups in total. The predicted molar refractivity (Wildman–Crippen MR) is 85.6 cm³/mol. The zero-order chi connectivity index (χ0) is 15.2. The van der Waals surface area contributed by atoms with E-state index in [1.165, 1.54) is 7.11 Å². The number of halogens is 1. The van der Waals surface area contributed by atoms with Crippen LogP contribution >= 0.6 is 12.4 Å². The maximum atomic E-state index is 11.8. The van der Waals surface area contributed by atoms with Crippen molar-refractivity contribution in [3.8, 4) is 11.3 Å². The van der Waals surface area contributed by atoms with E-state index in [9.17, 15) is 4.79 Å². The van der Waals surface area contributed by atoms with Gasteiger partial charge < -0.3 is 20.2 Å². The van der Waals surface area contributed by atoms with Crippen molar-refractivity contribution in [2.45, 2.75) is 19.0 Å². The number of nitrogens with one attached hydrogen (secondary N) is 1. The Balaban J connectivity index is 0.00000242. The van der Waals surface area contributed by atoms with Crippen LogP contribution < -0.4 is 11.1 Å². The number of oxazole rings is 1. The van der Waals surface area contributed by atoms with Gasteiger partial charge in [-0.25, -0.2) is 4.98 Å². The summed E-state index contributed by atoms with van der Waals surface area (Å²) >= 11 is 0. The maximum Gasteiger partial charge on any atom is 0.239 e.